The Labute approximate surface area is 837 Å². The molecule has 14 heterocycles. The van der Waals surface area contributed by atoms with Crippen LogP contribution in [0.5, 0.6) is 0 Å². The van der Waals surface area contributed by atoms with Crippen LogP contribution in [-0.4, -0.2) is 199 Å². The van der Waals surface area contributed by atoms with Crippen LogP contribution >= 0.6 is 133 Å². The van der Waals surface area contributed by atoms with Crippen molar-refractivity contribution in [3.63, 3.8) is 0 Å². The fraction of sp³-hybridized carbons (Fsp3) is 0.611. The number of hydrogen-bond acceptors (Lipinski definition) is 45. The molecule has 7 fully saturated rings. The molecule has 14 unspecified atom stereocenters. The normalized spacial score (nSPS) is 29.8. The molecule has 142 heavy (non-hydrogen) atoms. The average molecular weight is 2270 g/mol. The number of aromatic nitrogens is 14. The van der Waals surface area contributed by atoms with Gasteiger partial charge >= 0.3 is 87.4 Å². The van der Waals surface area contributed by atoms with Crippen molar-refractivity contribution < 1.29 is 128 Å². The van der Waals surface area contributed by atoms with E-state index in [1.54, 1.807) is 13.8 Å². The number of nitrogens with two attached hydrogens (primary N) is 3. The third-order valence-electron chi connectivity index (χ3n) is 23.5. The van der Waals surface area contributed by atoms with E-state index in [1.807, 2.05) is 0 Å². The Kier molecular flexibility index (Phi) is 35.4. The van der Waals surface area contributed by atoms with E-state index in [-0.39, 0.29) is 76.5 Å². The molecular formula is C72H100N17O39P7S7. The van der Waals surface area contributed by atoms with Crippen LogP contribution in [0.4, 0.5) is 17.5 Å². The maximum absolute atomic E-state index is 15.0. The maximum Gasteiger partial charge on any atom is 0.386 e. The van der Waals surface area contributed by atoms with Gasteiger partial charge in [-0.2, -0.15) is 15.0 Å². The van der Waals surface area contributed by atoms with Crippen molar-refractivity contribution in [1.29, 1.82) is 0 Å². The van der Waals surface area contributed by atoms with Gasteiger partial charge in [-0.1, -0.05) is 92.7 Å². The fourth-order valence-corrected chi connectivity index (χ4v) is 26.3. The first-order valence-electron chi connectivity index (χ1n) is 42.8. The molecule has 0 radical (unpaired) electrons. The minimum absolute atomic E-state index is 0.00264. The third kappa shape index (κ3) is 27.4. The number of ether oxygens (including phenoxy) is 7. The summed E-state index contributed by atoms with van der Waals surface area (Å²) in [5.74, 6) is -0.418. The summed E-state index contributed by atoms with van der Waals surface area (Å²) in [5, 5.41) is 0. The number of aromatic amines is 4. The molecule has 56 nitrogen and oxygen atoms in total. The maximum atomic E-state index is 15.0. The summed E-state index contributed by atoms with van der Waals surface area (Å²) in [6.07, 6.45) is -22.4. The van der Waals surface area contributed by atoms with Gasteiger partial charge in [0.05, 0.1) is 51.8 Å². The van der Waals surface area contributed by atoms with Crippen molar-refractivity contribution in [2.24, 2.45) is 0 Å². The lowest BCUT2D eigenvalue weighted by Gasteiger charge is -2.27. The van der Waals surface area contributed by atoms with Crippen molar-refractivity contribution >= 4 is 151 Å². The highest BCUT2D eigenvalue weighted by atomic mass is 32.7. The first kappa shape index (κ1) is 112. The highest BCUT2D eigenvalue weighted by Gasteiger charge is 2.53. The molecule has 0 bridgehead atoms. The predicted octanol–water partition coefficient (Wildman–Crippen LogP) is 5.99. The lowest BCUT2D eigenvalue weighted by atomic mass is 10.1. The summed E-state index contributed by atoms with van der Waals surface area (Å²) in [6.45, 7) is -26.1. The van der Waals surface area contributed by atoms with E-state index in [0.717, 1.165) is 51.5 Å². The van der Waals surface area contributed by atoms with Crippen LogP contribution in [0, 0.1) is 48.5 Å². The van der Waals surface area contributed by atoms with Gasteiger partial charge in [0.15, 0.2) is 0 Å². The highest BCUT2D eigenvalue weighted by molar-refractivity contribution is 8.46. The van der Waals surface area contributed by atoms with Gasteiger partial charge in [-0.3, -0.25) is 130 Å². The van der Waals surface area contributed by atoms with E-state index in [4.69, 9.17) is 114 Å². The van der Waals surface area contributed by atoms with Crippen LogP contribution in [0.2, 0.25) is 0 Å². The topological polar surface area (TPSA) is 715 Å². The molecule has 0 saturated carbocycles. The standard InChI is InChI=1S/C72H100N17O39P7S7/c1-10-38-39(11-52(115-38)86-21-34(5)62(90)79-69(86)97)123-130(102,137)109-26-47-41(13-53(117-47)83-18-31(2)59(73)76-66(83)94)124-132(104,139)111-27-48-42(14-54(118-48)84-19-32(3)60(74)77-67(84)95)125-134(106,141)114-30-51-45(17-58(121-51)89-24-37(8)65(93)82-72(89)100)128-135(107,142)112-28-49-43(15-55(119-49)85-20-33(4)61(75)78-68(85)96)126-133(105,140)113-29-50-44(16-57(120-50)88-23-36(7)64(92)81-71(88)99)127-131(103,138)110-25-46-40(122-129(101,136)108-9)12-56(116-46)87-22-35(6)63(91)80-70(87)98/h18-24,38-58H,10-17,25-30H2,1-9H3,(H,101,136)(H,102,137)(H,103,138)(H,104,139)(H,105,140)(H,106,141)(H,107,142)(H2,73,76,94)(H2,74,77,95)(H2,75,78,96)(H,79,90,97)(H,80,91,98)(H,81,92,99)(H,82,93,100)/t38-,39?,40?,41?,42?,43?,44?,45?,46-,47-,48-,49-,50-,51-,52-,53-,54-,55-,56-,57-,58-,129?,130?,131?,132?,133?,134?,135?/m1/s1. The Morgan fingerprint density at radius 3 is 0.655 bits per heavy atom. The van der Waals surface area contributed by atoms with Crippen molar-refractivity contribution in [3.8, 4) is 0 Å². The second-order valence-corrected chi connectivity index (χ2v) is 53.9. The molecule has 70 heteroatoms. The number of hydrogen-bond donors (Lipinski definition) is 14. The molecule has 10 N–H and O–H groups in total. The molecule has 0 aliphatic carbocycles. The number of anilines is 3. The fourth-order valence-electron chi connectivity index (χ4n) is 16.1. The van der Waals surface area contributed by atoms with E-state index >= 15 is 0 Å². The number of nitrogens with zero attached hydrogens (tertiary/aromatic N) is 10. The Morgan fingerprint density at radius 2 is 0.465 bits per heavy atom. The van der Waals surface area contributed by atoms with Gasteiger partial charge in [0.25, 0.3) is 22.2 Å². The van der Waals surface area contributed by atoms with Crippen LogP contribution in [-0.2, 0) is 128 Å². The minimum atomic E-state index is -4.95. The molecule has 0 amide bonds. The zero-order valence-electron chi connectivity index (χ0n) is 76.0. The number of rotatable bonds is 41. The van der Waals surface area contributed by atoms with Crippen LogP contribution in [0.1, 0.15) is 141 Å². The van der Waals surface area contributed by atoms with E-state index in [9.17, 15) is 84.7 Å². The van der Waals surface area contributed by atoms with Gasteiger partial charge < -0.3 is 54.9 Å². The summed E-state index contributed by atoms with van der Waals surface area (Å²) in [6, 6.07) is 0. The Bertz CT molecular complexity index is 7030. The van der Waals surface area contributed by atoms with E-state index < -0.39 is 304 Å². The second kappa shape index (κ2) is 45.0. The Morgan fingerprint density at radius 1 is 0.296 bits per heavy atom. The quantitative estimate of drug-likeness (QED) is 0.0154. The molecule has 0 spiro atoms. The van der Waals surface area contributed by atoms with E-state index in [0.29, 0.717) is 5.56 Å². The van der Waals surface area contributed by atoms with Crippen LogP contribution in [0.15, 0.2) is 96.1 Å². The summed E-state index contributed by atoms with van der Waals surface area (Å²) < 4.78 is 234. The van der Waals surface area contributed by atoms with Gasteiger partial charge in [0.2, 0.25) is 0 Å². The molecule has 0 aromatic carbocycles. The first-order valence-corrected chi connectivity index (χ1v) is 61.7. The molecule has 784 valence electrons. The van der Waals surface area contributed by atoms with Crippen molar-refractivity contribution in [3.05, 3.63) is 197 Å². The average Bonchev–Trinajstić information content (AvgIpc) is 1.58. The molecule has 7 aliphatic heterocycles. The number of nitrogen functional groups attached to an aromatic ring is 3. The Hall–Kier alpha value is -6.02. The van der Waals surface area contributed by atoms with E-state index in [1.165, 1.54) is 72.5 Å². The molecule has 7 saturated heterocycles. The summed E-state index contributed by atoms with van der Waals surface area (Å²) >= 11 is 29.6. The smallest absolute Gasteiger partial charge is 0.383 e. The predicted molar refractivity (Wildman–Crippen MR) is 520 cm³/mol. The molecular weight excluding hydrogens is 2170 g/mol. The largest absolute Gasteiger partial charge is 0.386 e. The third-order valence-corrected chi connectivity index (χ3v) is 35.1. The SMILES string of the molecule is CC[C@H]1O[C@@H](n2cc(C)c(=O)[nH]c2=O)CC1OP(=O)(S)OC[C@H]1O[C@@H](n2cc(C)c(N)nc2=O)CC1OP(=O)(S)OC[C@H]1O[C@@H](n2cc(C)c(N)nc2=O)CC1OP(=O)(S)OC[C@H]1O[C@@H](n2cc(C)c(=O)[nH]c2=O)CC1OP(=O)(S)OC[C@H]1O[C@@H](n2cc(C)c(N)nc2=O)CC1OP(=O)(S)OC[C@H]1O[C@@H](n2cc(C)c(=O)[nH]c2=O)CC1OP(=O)(S)OC[C@H]1O[C@@H](n2cc(C)c(=O)[nH]c2=O)CC1OP(=O)(S)OC. The second-order valence-electron chi connectivity index (χ2n) is 33.6. The van der Waals surface area contributed by atoms with Gasteiger partial charge in [0, 0.05) is 134 Å². The van der Waals surface area contributed by atoms with Crippen LogP contribution in [0.3, 0.4) is 0 Å². The monoisotopic (exact) mass is 2270 g/mol. The van der Waals surface area contributed by atoms with Crippen LogP contribution in [0.25, 0.3) is 0 Å². The lowest BCUT2D eigenvalue weighted by Crippen LogP contribution is -2.33. The summed E-state index contributed by atoms with van der Waals surface area (Å²) in [4.78, 5) is 163. The van der Waals surface area contributed by atoms with Crippen molar-refractivity contribution in [2.45, 2.75) is 236 Å². The zero-order chi connectivity index (χ0) is 103. The number of thiol groups is 7. The lowest BCUT2D eigenvalue weighted by molar-refractivity contribution is -0.0543. The van der Waals surface area contributed by atoms with Gasteiger partial charge in [-0.15, -0.1) is 0 Å². The number of H-pyrrole nitrogens is 4. The summed E-state index contributed by atoms with van der Waals surface area (Å²) in [7, 11) is 1.04. The van der Waals surface area contributed by atoms with Gasteiger partial charge in [-0.05, 0) is 54.9 Å². The van der Waals surface area contributed by atoms with Crippen LogP contribution < -0.4 is 79.3 Å². The van der Waals surface area contributed by atoms with Gasteiger partial charge in [0.1, 0.15) is 134 Å². The van der Waals surface area contributed by atoms with Crippen molar-refractivity contribution in [2.75, 3.05) is 64.0 Å². The minimum Gasteiger partial charge on any atom is -0.383 e. The van der Waals surface area contributed by atoms with Crippen molar-refractivity contribution in [1.82, 2.24) is 66.9 Å². The molecule has 28 atom stereocenters. The zero-order valence-corrected chi connectivity index (χ0v) is 88.5. The highest BCUT2D eigenvalue weighted by Crippen LogP contribution is 2.65. The van der Waals surface area contributed by atoms with E-state index in [2.05, 4.69) is 121 Å². The first-order chi connectivity index (χ1) is 66.4. The van der Waals surface area contributed by atoms with Gasteiger partial charge in [-0.25, -0.2) is 65.5 Å². The molecule has 7 aromatic heterocycles. The summed E-state index contributed by atoms with van der Waals surface area (Å²) in [5.41, 5.74) is 9.88. The molecule has 14 rings (SSSR count). The Balaban J connectivity index is 0.665. The number of aryl methyl sites for hydroxylation is 7. The molecule has 7 aromatic rings. The number of nitrogens with one attached hydrogen (secondary N) is 4. The molecule has 7 aliphatic rings.